The summed E-state index contributed by atoms with van der Waals surface area (Å²) in [5.74, 6) is -1.38. The number of carboxylic acid groups (broad SMARTS) is 1. The van der Waals surface area contributed by atoms with Crippen LogP contribution in [0.1, 0.15) is 26.3 Å². The van der Waals surface area contributed by atoms with Gasteiger partial charge in [-0.15, -0.1) is 0 Å². The number of benzene rings is 2. The number of aryl methyl sites for hydroxylation is 1. The van der Waals surface area contributed by atoms with E-state index in [9.17, 15) is 9.59 Å². The van der Waals surface area contributed by atoms with Crippen LogP contribution in [0.3, 0.4) is 0 Å². The fraction of sp³-hybridized carbons (Fsp3) is 0.0625. The molecule has 0 radical (unpaired) electrons. The first-order chi connectivity index (χ1) is 10.9. The average molecular weight is 393 g/mol. The zero-order valence-electron chi connectivity index (χ0n) is 12.1. The fourth-order valence-corrected chi connectivity index (χ4v) is 2.42. The molecule has 0 unspecified atom stereocenters. The van der Waals surface area contributed by atoms with Gasteiger partial charge < -0.3 is 10.4 Å². The third-order valence-electron chi connectivity index (χ3n) is 2.97. The molecule has 0 saturated heterocycles. The number of thiocarbonyl (C=S) groups is 1. The molecule has 23 heavy (non-hydrogen) atoms. The summed E-state index contributed by atoms with van der Waals surface area (Å²) in [6.45, 7) is 1.89. The lowest BCUT2D eigenvalue weighted by molar-refractivity contribution is 0.0696. The SMILES string of the molecule is Cc1cccc(C(=O)NC(=S)Nc2cc(C(=O)O)ccc2Br)c1. The summed E-state index contributed by atoms with van der Waals surface area (Å²) in [4.78, 5) is 23.1. The maximum absolute atomic E-state index is 12.1. The van der Waals surface area contributed by atoms with Gasteiger partial charge in [0, 0.05) is 10.0 Å². The monoisotopic (exact) mass is 392 g/mol. The van der Waals surface area contributed by atoms with Crippen LogP contribution in [0.2, 0.25) is 0 Å². The van der Waals surface area contributed by atoms with Crippen molar-refractivity contribution < 1.29 is 14.7 Å². The minimum absolute atomic E-state index is 0.0831. The van der Waals surface area contributed by atoms with E-state index >= 15 is 0 Å². The van der Waals surface area contributed by atoms with E-state index < -0.39 is 5.97 Å². The molecule has 118 valence electrons. The molecule has 0 saturated carbocycles. The summed E-state index contributed by atoms with van der Waals surface area (Å²) < 4.78 is 0.634. The van der Waals surface area contributed by atoms with Crippen molar-refractivity contribution in [3.05, 3.63) is 63.6 Å². The van der Waals surface area contributed by atoms with Gasteiger partial charge in [-0.3, -0.25) is 10.1 Å². The van der Waals surface area contributed by atoms with Crippen LogP contribution < -0.4 is 10.6 Å². The molecule has 0 fully saturated rings. The maximum atomic E-state index is 12.1. The van der Waals surface area contributed by atoms with E-state index in [4.69, 9.17) is 17.3 Å². The van der Waals surface area contributed by atoms with Gasteiger partial charge >= 0.3 is 5.97 Å². The number of halogens is 1. The van der Waals surface area contributed by atoms with Crippen molar-refractivity contribution in [2.75, 3.05) is 5.32 Å². The molecule has 3 N–H and O–H groups in total. The molecule has 0 aliphatic rings. The van der Waals surface area contributed by atoms with Crippen molar-refractivity contribution >= 4 is 50.8 Å². The van der Waals surface area contributed by atoms with Crippen molar-refractivity contribution in [2.45, 2.75) is 6.92 Å². The number of aromatic carboxylic acids is 1. The van der Waals surface area contributed by atoms with Gasteiger partial charge in [-0.25, -0.2) is 4.79 Å². The molecule has 2 aromatic rings. The van der Waals surface area contributed by atoms with E-state index in [1.54, 1.807) is 24.3 Å². The van der Waals surface area contributed by atoms with Crippen LogP contribution in [0.15, 0.2) is 46.9 Å². The number of hydrogen-bond donors (Lipinski definition) is 3. The van der Waals surface area contributed by atoms with Crippen molar-refractivity contribution in [3.63, 3.8) is 0 Å². The first-order valence-electron chi connectivity index (χ1n) is 6.58. The molecule has 0 heterocycles. The number of rotatable bonds is 3. The Morgan fingerprint density at radius 2 is 1.87 bits per heavy atom. The van der Waals surface area contributed by atoms with Crippen LogP contribution in [0, 0.1) is 6.92 Å². The van der Waals surface area contributed by atoms with Crippen LogP contribution in [0.25, 0.3) is 0 Å². The Morgan fingerprint density at radius 1 is 1.13 bits per heavy atom. The number of anilines is 1. The molecule has 7 heteroatoms. The predicted molar refractivity (Wildman–Crippen MR) is 96.0 cm³/mol. The van der Waals surface area contributed by atoms with Crippen molar-refractivity contribution in [3.8, 4) is 0 Å². The minimum atomic E-state index is -1.05. The first-order valence-corrected chi connectivity index (χ1v) is 7.79. The van der Waals surface area contributed by atoms with Crippen LogP contribution >= 0.6 is 28.1 Å². The number of carboxylic acids is 1. The van der Waals surface area contributed by atoms with Crippen LogP contribution in [-0.2, 0) is 0 Å². The summed E-state index contributed by atoms with van der Waals surface area (Å²) in [5.41, 5.74) is 2.03. The lowest BCUT2D eigenvalue weighted by Crippen LogP contribution is -2.34. The maximum Gasteiger partial charge on any atom is 0.335 e. The molecule has 0 aromatic heterocycles. The van der Waals surface area contributed by atoms with E-state index in [0.717, 1.165) is 5.56 Å². The van der Waals surface area contributed by atoms with E-state index in [0.29, 0.717) is 15.7 Å². The molecule has 2 rings (SSSR count). The van der Waals surface area contributed by atoms with Gasteiger partial charge in [-0.05, 0) is 65.4 Å². The van der Waals surface area contributed by atoms with E-state index in [-0.39, 0.29) is 16.6 Å². The molecule has 1 amide bonds. The minimum Gasteiger partial charge on any atom is -0.478 e. The fourth-order valence-electron chi connectivity index (χ4n) is 1.87. The summed E-state index contributed by atoms with van der Waals surface area (Å²) in [5, 5.41) is 14.5. The largest absolute Gasteiger partial charge is 0.478 e. The highest BCUT2D eigenvalue weighted by molar-refractivity contribution is 9.10. The second kappa shape index (κ2) is 7.34. The van der Waals surface area contributed by atoms with E-state index in [1.807, 2.05) is 13.0 Å². The average Bonchev–Trinajstić information content (AvgIpc) is 2.49. The predicted octanol–water partition coefficient (Wildman–Crippen LogP) is 3.58. The lowest BCUT2D eigenvalue weighted by Gasteiger charge is -2.12. The Kier molecular flexibility index (Phi) is 5.46. The van der Waals surface area contributed by atoms with Crippen molar-refractivity contribution in [2.24, 2.45) is 0 Å². The van der Waals surface area contributed by atoms with Gasteiger partial charge in [-0.2, -0.15) is 0 Å². The van der Waals surface area contributed by atoms with Crippen molar-refractivity contribution in [1.29, 1.82) is 0 Å². The Balaban J connectivity index is 2.09. The Bertz CT molecular complexity index is 793. The van der Waals surface area contributed by atoms with E-state index in [2.05, 4.69) is 26.6 Å². The number of carbonyl (C=O) groups is 2. The lowest BCUT2D eigenvalue weighted by atomic mass is 10.1. The standard InChI is InChI=1S/C16H13BrN2O3S/c1-9-3-2-4-10(7-9)14(20)19-16(23)18-13-8-11(15(21)22)5-6-12(13)17/h2-8H,1H3,(H,21,22)(H2,18,19,20,23). The van der Waals surface area contributed by atoms with E-state index in [1.165, 1.54) is 12.1 Å². The van der Waals surface area contributed by atoms with Gasteiger partial charge in [0.2, 0.25) is 0 Å². The topological polar surface area (TPSA) is 78.4 Å². The third-order valence-corrected chi connectivity index (χ3v) is 3.86. The molecular weight excluding hydrogens is 380 g/mol. The Labute approximate surface area is 146 Å². The molecule has 0 bridgehead atoms. The van der Waals surface area contributed by atoms with Gasteiger partial charge in [-0.1, -0.05) is 17.7 Å². The number of carbonyl (C=O) groups excluding carboxylic acids is 1. The smallest absolute Gasteiger partial charge is 0.335 e. The molecule has 2 aromatic carbocycles. The quantitative estimate of drug-likeness (QED) is 0.695. The second-order valence-corrected chi connectivity index (χ2v) is 6.04. The number of hydrogen-bond acceptors (Lipinski definition) is 3. The highest BCUT2D eigenvalue weighted by Gasteiger charge is 2.11. The zero-order chi connectivity index (χ0) is 17.0. The third kappa shape index (κ3) is 4.61. The van der Waals surface area contributed by atoms with Crippen LogP contribution in [0.4, 0.5) is 5.69 Å². The number of nitrogens with one attached hydrogen (secondary N) is 2. The van der Waals surface area contributed by atoms with Crippen molar-refractivity contribution in [1.82, 2.24) is 5.32 Å². The van der Waals surface area contributed by atoms with Gasteiger partial charge in [0.15, 0.2) is 5.11 Å². The molecule has 0 spiro atoms. The molecule has 0 aliphatic carbocycles. The summed E-state index contributed by atoms with van der Waals surface area (Å²) >= 11 is 8.40. The zero-order valence-corrected chi connectivity index (χ0v) is 14.5. The second-order valence-electron chi connectivity index (χ2n) is 4.78. The van der Waals surface area contributed by atoms with Gasteiger partial charge in [0.1, 0.15) is 0 Å². The summed E-state index contributed by atoms with van der Waals surface area (Å²) in [6.07, 6.45) is 0. The highest BCUT2D eigenvalue weighted by Crippen LogP contribution is 2.23. The van der Waals surface area contributed by atoms with Gasteiger partial charge in [0.25, 0.3) is 5.91 Å². The van der Waals surface area contributed by atoms with Crippen LogP contribution in [-0.4, -0.2) is 22.1 Å². The highest BCUT2D eigenvalue weighted by atomic mass is 79.9. The molecule has 0 atom stereocenters. The first kappa shape index (κ1) is 17.1. The summed E-state index contributed by atoms with van der Waals surface area (Å²) in [7, 11) is 0. The molecule has 0 aliphatic heterocycles. The molecule has 5 nitrogen and oxygen atoms in total. The number of amides is 1. The van der Waals surface area contributed by atoms with Gasteiger partial charge in [0.05, 0.1) is 11.3 Å². The molecular formula is C16H13BrN2O3S. The Morgan fingerprint density at radius 3 is 2.52 bits per heavy atom. The normalized spacial score (nSPS) is 10.0. The Hall–Kier alpha value is -2.25. The summed E-state index contributed by atoms with van der Waals surface area (Å²) in [6, 6.07) is 11.6. The van der Waals surface area contributed by atoms with Crippen LogP contribution in [0.5, 0.6) is 0 Å².